The molecule has 0 radical (unpaired) electrons. The maximum absolute atomic E-state index is 5.84. The smallest absolute Gasteiger partial charge is 0.231 e. The van der Waals surface area contributed by atoms with E-state index in [0.29, 0.717) is 18.2 Å². The Bertz CT molecular complexity index is 1050. The molecular formula is C22H24N6O. The molecule has 0 aliphatic carbocycles. The fraction of sp³-hybridized carbons (Fsp3) is 0.227. The molecule has 4 aromatic rings. The van der Waals surface area contributed by atoms with Gasteiger partial charge < -0.3 is 20.4 Å². The largest absolute Gasteiger partial charge is 0.489 e. The molecule has 0 unspecified atom stereocenters. The molecule has 0 bridgehead atoms. The predicted octanol–water partition coefficient (Wildman–Crippen LogP) is 4.89. The van der Waals surface area contributed by atoms with Crippen molar-refractivity contribution < 1.29 is 4.74 Å². The number of benzene rings is 2. The molecule has 2 aromatic heterocycles. The second kappa shape index (κ2) is 9.05. The Morgan fingerprint density at radius 1 is 1.00 bits per heavy atom. The van der Waals surface area contributed by atoms with Crippen molar-refractivity contribution in [1.29, 1.82) is 0 Å². The van der Waals surface area contributed by atoms with Gasteiger partial charge in [0.05, 0.1) is 6.33 Å². The van der Waals surface area contributed by atoms with Gasteiger partial charge in [0.15, 0.2) is 11.5 Å². The maximum Gasteiger partial charge on any atom is 0.231 e. The maximum atomic E-state index is 5.84. The molecule has 29 heavy (non-hydrogen) atoms. The van der Waals surface area contributed by atoms with E-state index >= 15 is 0 Å². The fourth-order valence-corrected chi connectivity index (χ4v) is 2.91. The van der Waals surface area contributed by atoms with Crippen molar-refractivity contribution >= 4 is 28.6 Å². The van der Waals surface area contributed by atoms with Crippen LogP contribution in [-0.4, -0.2) is 26.5 Å². The molecule has 7 nitrogen and oxygen atoms in total. The molecule has 0 amide bonds. The van der Waals surface area contributed by atoms with Crippen molar-refractivity contribution in [2.75, 3.05) is 17.2 Å². The number of hydrogen-bond donors (Lipinski definition) is 3. The van der Waals surface area contributed by atoms with Gasteiger partial charge >= 0.3 is 0 Å². The molecular weight excluding hydrogens is 364 g/mol. The number of ether oxygens (including phenoxy) is 1. The number of aromatic nitrogens is 4. The molecule has 148 valence electrons. The number of fused-ring (bicyclic) bond motifs is 1. The molecule has 2 aromatic carbocycles. The van der Waals surface area contributed by atoms with E-state index in [1.807, 2.05) is 54.6 Å². The summed E-state index contributed by atoms with van der Waals surface area (Å²) in [5.74, 6) is 2.07. The molecule has 2 heterocycles. The van der Waals surface area contributed by atoms with Crippen LogP contribution >= 0.6 is 0 Å². The zero-order valence-corrected chi connectivity index (χ0v) is 16.4. The van der Waals surface area contributed by atoms with Gasteiger partial charge in [-0.05, 0) is 36.2 Å². The molecule has 0 spiro atoms. The number of nitrogens with zero attached hydrogens (tertiary/aromatic N) is 3. The van der Waals surface area contributed by atoms with Gasteiger partial charge in [-0.3, -0.25) is 0 Å². The average molecular weight is 388 g/mol. The van der Waals surface area contributed by atoms with Crippen molar-refractivity contribution in [3.63, 3.8) is 0 Å². The third-order valence-corrected chi connectivity index (χ3v) is 4.47. The molecule has 0 saturated carbocycles. The van der Waals surface area contributed by atoms with Gasteiger partial charge in [-0.25, -0.2) is 4.98 Å². The van der Waals surface area contributed by atoms with E-state index in [1.54, 1.807) is 6.33 Å². The number of unbranched alkanes of at least 4 members (excludes halogenated alkanes) is 1. The highest BCUT2D eigenvalue weighted by atomic mass is 16.5. The normalized spacial score (nSPS) is 10.8. The van der Waals surface area contributed by atoms with Gasteiger partial charge in [0.25, 0.3) is 0 Å². The highest BCUT2D eigenvalue weighted by molar-refractivity contribution is 5.84. The molecule has 0 atom stereocenters. The summed E-state index contributed by atoms with van der Waals surface area (Å²) in [5, 5.41) is 6.61. The zero-order chi connectivity index (χ0) is 19.9. The van der Waals surface area contributed by atoms with Crippen molar-refractivity contribution in [1.82, 2.24) is 19.9 Å². The minimum absolute atomic E-state index is 0.501. The van der Waals surface area contributed by atoms with E-state index in [-0.39, 0.29) is 0 Å². The summed E-state index contributed by atoms with van der Waals surface area (Å²) in [7, 11) is 0. The van der Waals surface area contributed by atoms with Crippen molar-refractivity contribution in [2.24, 2.45) is 0 Å². The van der Waals surface area contributed by atoms with Crippen LogP contribution in [0.3, 0.4) is 0 Å². The molecule has 3 N–H and O–H groups in total. The summed E-state index contributed by atoms with van der Waals surface area (Å²) < 4.78 is 5.84. The number of hydrogen-bond acceptors (Lipinski definition) is 6. The SMILES string of the molecule is CCCCNc1nc(Nc2ccc(OCc3ccccc3)cc2)nc2nc[nH]c12. The van der Waals surface area contributed by atoms with Crippen LogP contribution < -0.4 is 15.4 Å². The molecule has 0 aliphatic heterocycles. The number of imidazole rings is 1. The molecule has 4 rings (SSSR count). The lowest BCUT2D eigenvalue weighted by molar-refractivity contribution is 0.306. The van der Waals surface area contributed by atoms with E-state index < -0.39 is 0 Å². The lowest BCUT2D eigenvalue weighted by Crippen LogP contribution is -2.06. The first kappa shape index (κ1) is 18.7. The van der Waals surface area contributed by atoms with E-state index in [1.165, 1.54) is 0 Å². The van der Waals surface area contributed by atoms with Crippen molar-refractivity contribution in [3.05, 3.63) is 66.5 Å². The summed E-state index contributed by atoms with van der Waals surface area (Å²) in [6.07, 6.45) is 3.83. The van der Waals surface area contributed by atoms with E-state index in [0.717, 1.165) is 47.7 Å². The molecule has 0 aliphatic rings. The third-order valence-electron chi connectivity index (χ3n) is 4.47. The Hall–Kier alpha value is -3.61. The topological polar surface area (TPSA) is 87.8 Å². The van der Waals surface area contributed by atoms with Gasteiger partial charge in [-0.1, -0.05) is 43.7 Å². The molecule has 7 heteroatoms. The second-order valence-electron chi connectivity index (χ2n) is 6.70. The van der Waals surface area contributed by atoms with Gasteiger partial charge in [0, 0.05) is 12.2 Å². The van der Waals surface area contributed by atoms with Crippen LogP contribution in [0, 0.1) is 0 Å². The highest BCUT2D eigenvalue weighted by Crippen LogP contribution is 2.23. The number of nitrogens with one attached hydrogen (secondary N) is 3. The van der Waals surface area contributed by atoms with Crippen LogP contribution in [0.2, 0.25) is 0 Å². The quantitative estimate of drug-likeness (QED) is 0.354. The summed E-state index contributed by atoms with van der Waals surface area (Å²) in [6, 6.07) is 17.9. The van der Waals surface area contributed by atoms with Crippen LogP contribution in [0.25, 0.3) is 11.2 Å². The Morgan fingerprint density at radius 2 is 1.83 bits per heavy atom. The average Bonchev–Trinajstić information content (AvgIpc) is 3.23. The standard InChI is InChI=1S/C22H24N6O/c1-2-3-13-23-20-19-21(25-15-24-19)28-22(27-20)26-17-9-11-18(12-10-17)29-14-16-7-5-4-6-8-16/h4-12,15H,2-3,13-14H2,1H3,(H3,23,24,25,26,27,28). The van der Waals surface area contributed by atoms with Crippen molar-refractivity contribution in [3.8, 4) is 5.75 Å². The zero-order valence-electron chi connectivity index (χ0n) is 16.4. The lowest BCUT2D eigenvalue weighted by Gasteiger charge is -2.10. The lowest BCUT2D eigenvalue weighted by atomic mass is 10.2. The first-order valence-electron chi connectivity index (χ1n) is 9.80. The first-order valence-corrected chi connectivity index (χ1v) is 9.80. The highest BCUT2D eigenvalue weighted by Gasteiger charge is 2.10. The molecule has 0 saturated heterocycles. The predicted molar refractivity (Wildman–Crippen MR) is 116 cm³/mol. The van der Waals surface area contributed by atoms with Crippen LogP contribution in [-0.2, 0) is 6.61 Å². The van der Waals surface area contributed by atoms with Crippen molar-refractivity contribution in [2.45, 2.75) is 26.4 Å². The Labute approximate surface area is 169 Å². The number of aromatic amines is 1. The van der Waals surface area contributed by atoms with Gasteiger partial charge in [-0.15, -0.1) is 0 Å². The minimum atomic E-state index is 0.501. The Morgan fingerprint density at radius 3 is 2.62 bits per heavy atom. The van der Waals surface area contributed by atoms with Crippen LogP contribution in [0.1, 0.15) is 25.3 Å². The molecule has 0 fully saturated rings. The monoisotopic (exact) mass is 388 g/mol. The summed E-state index contributed by atoms with van der Waals surface area (Å²) in [4.78, 5) is 16.5. The Balaban J connectivity index is 1.43. The minimum Gasteiger partial charge on any atom is -0.489 e. The fourth-order valence-electron chi connectivity index (χ4n) is 2.91. The summed E-state index contributed by atoms with van der Waals surface area (Å²) in [6.45, 7) is 3.56. The second-order valence-corrected chi connectivity index (χ2v) is 6.70. The first-order chi connectivity index (χ1) is 14.3. The number of rotatable bonds is 9. The van der Waals surface area contributed by atoms with E-state index in [4.69, 9.17) is 4.74 Å². The van der Waals surface area contributed by atoms with Crippen LogP contribution in [0.15, 0.2) is 60.9 Å². The van der Waals surface area contributed by atoms with Crippen LogP contribution in [0.5, 0.6) is 5.75 Å². The third kappa shape index (κ3) is 4.82. The summed E-state index contributed by atoms with van der Waals surface area (Å²) in [5.41, 5.74) is 3.46. The summed E-state index contributed by atoms with van der Waals surface area (Å²) >= 11 is 0. The van der Waals surface area contributed by atoms with Gasteiger partial charge in [0.2, 0.25) is 5.95 Å². The van der Waals surface area contributed by atoms with E-state index in [2.05, 4.69) is 37.5 Å². The van der Waals surface area contributed by atoms with Crippen LogP contribution in [0.4, 0.5) is 17.5 Å². The van der Waals surface area contributed by atoms with Gasteiger partial charge in [-0.2, -0.15) is 9.97 Å². The number of H-pyrrole nitrogens is 1. The van der Waals surface area contributed by atoms with E-state index in [9.17, 15) is 0 Å². The number of anilines is 3. The Kier molecular flexibility index (Phi) is 5.85. The van der Waals surface area contributed by atoms with Gasteiger partial charge in [0.1, 0.15) is 17.9 Å².